The Kier molecular flexibility index (Phi) is 3.09. The fraction of sp³-hybridized carbons (Fsp3) is 0.0667. The maximum absolute atomic E-state index is 5.68. The minimum absolute atomic E-state index is 0.466. The number of fused-ring (bicyclic) bond motifs is 1. The number of methoxy groups -OCH3 is 1. The molecule has 0 aliphatic heterocycles. The first-order chi connectivity index (χ1) is 9.76. The Hall–Kier alpha value is -2.82. The van der Waals surface area contributed by atoms with Crippen molar-refractivity contribution in [3.8, 4) is 5.75 Å². The molecule has 100 valence electrons. The molecule has 0 aliphatic rings. The van der Waals surface area contributed by atoms with Crippen LogP contribution >= 0.6 is 0 Å². The van der Waals surface area contributed by atoms with Crippen LogP contribution < -0.4 is 15.8 Å². The molecule has 3 aromatic rings. The van der Waals surface area contributed by atoms with E-state index < -0.39 is 0 Å². The van der Waals surface area contributed by atoms with Crippen LogP contribution in [0.15, 0.2) is 48.8 Å². The summed E-state index contributed by atoms with van der Waals surface area (Å²) in [6.07, 6.45) is 3.42. The number of nitrogens with one attached hydrogen (secondary N) is 1. The van der Waals surface area contributed by atoms with Gasteiger partial charge in [0.15, 0.2) is 0 Å². The van der Waals surface area contributed by atoms with Crippen molar-refractivity contribution in [1.29, 1.82) is 0 Å². The van der Waals surface area contributed by atoms with E-state index in [-0.39, 0.29) is 0 Å². The molecule has 0 spiro atoms. The number of hydrogen-bond acceptors (Lipinski definition) is 5. The first-order valence-corrected chi connectivity index (χ1v) is 6.17. The minimum Gasteiger partial charge on any atom is -0.497 e. The highest BCUT2D eigenvalue weighted by Gasteiger charge is 2.05. The molecule has 0 aliphatic carbocycles. The molecule has 1 aromatic carbocycles. The Labute approximate surface area is 116 Å². The van der Waals surface area contributed by atoms with Gasteiger partial charge in [-0.1, -0.05) is 6.07 Å². The number of ether oxygens (including phenoxy) is 1. The number of anilines is 3. The highest BCUT2D eigenvalue weighted by atomic mass is 16.5. The lowest BCUT2D eigenvalue weighted by Gasteiger charge is -2.10. The lowest BCUT2D eigenvalue weighted by atomic mass is 10.1. The van der Waals surface area contributed by atoms with Crippen LogP contribution in [0.25, 0.3) is 10.8 Å². The van der Waals surface area contributed by atoms with E-state index in [1.54, 1.807) is 25.6 Å². The van der Waals surface area contributed by atoms with Gasteiger partial charge in [-0.15, -0.1) is 0 Å². The zero-order chi connectivity index (χ0) is 13.9. The molecule has 20 heavy (non-hydrogen) atoms. The van der Waals surface area contributed by atoms with Crippen molar-refractivity contribution >= 4 is 28.1 Å². The van der Waals surface area contributed by atoms with Crippen LogP contribution in [0.2, 0.25) is 0 Å². The molecular weight excluding hydrogens is 252 g/mol. The average Bonchev–Trinajstić information content (AvgIpc) is 2.47. The normalized spacial score (nSPS) is 10.4. The summed E-state index contributed by atoms with van der Waals surface area (Å²) in [5.74, 6) is 2.02. The first kappa shape index (κ1) is 12.2. The molecule has 0 unspecified atom stereocenters. The molecular formula is C15H14N4O. The van der Waals surface area contributed by atoms with E-state index in [1.807, 2.05) is 30.3 Å². The second-order valence-electron chi connectivity index (χ2n) is 4.34. The van der Waals surface area contributed by atoms with Crippen LogP contribution in [0.5, 0.6) is 5.75 Å². The van der Waals surface area contributed by atoms with E-state index in [0.717, 1.165) is 28.0 Å². The predicted octanol–water partition coefficient (Wildman–Crippen LogP) is 2.96. The van der Waals surface area contributed by atoms with Gasteiger partial charge in [0.05, 0.1) is 7.11 Å². The quantitative estimate of drug-likeness (QED) is 0.762. The monoisotopic (exact) mass is 266 g/mol. The van der Waals surface area contributed by atoms with Gasteiger partial charge in [-0.05, 0) is 29.7 Å². The number of nitrogens with zero attached hydrogens (tertiary/aromatic N) is 2. The molecule has 0 bridgehead atoms. The number of nitrogen functional groups attached to an aromatic ring is 1. The zero-order valence-corrected chi connectivity index (χ0v) is 11.0. The molecule has 5 nitrogen and oxygen atoms in total. The molecule has 0 fully saturated rings. The molecule has 3 N–H and O–H groups in total. The summed E-state index contributed by atoms with van der Waals surface area (Å²) in [7, 11) is 1.65. The second kappa shape index (κ2) is 5.05. The standard InChI is InChI=1S/C15H14N4O/c1-20-12-3-2-10-4-6-18-15(13(10)9-12)19-11-5-7-17-14(16)8-11/h2-9H,1H3,(H3,16,17,18,19). The molecule has 0 atom stereocenters. The van der Waals surface area contributed by atoms with Crippen LogP contribution in [0.1, 0.15) is 0 Å². The van der Waals surface area contributed by atoms with Crippen molar-refractivity contribution in [3.63, 3.8) is 0 Å². The summed E-state index contributed by atoms with van der Waals surface area (Å²) in [5, 5.41) is 5.33. The molecule has 0 amide bonds. The van der Waals surface area contributed by atoms with Crippen molar-refractivity contribution in [2.45, 2.75) is 0 Å². The van der Waals surface area contributed by atoms with E-state index in [2.05, 4.69) is 15.3 Å². The summed E-state index contributed by atoms with van der Waals surface area (Å²) >= 11 is 0. The summed E-state index contributed by atoms with van der Waals surface area (Å²) in [6, 6.07) is 11.5. The van der Waals surface area contributed by atoms with Gasteiger partial charge >= 0.3 is 0 Å². The van der Waals surface area contributed by atoms with Gasteiger partial charge in [-0.3, -0.25) is 0 Å². The summed E-state index contributed by atoms with van der Waals surface area (Å²) in [4.78, 5) is 8.35. The molecule has 3 rings (SSSR count). The Morgan fingerprint density at radius 2 is 1.90 bits per heavy atom. The fourth-order valence-electron chi connectivity index (χ4n) is 2.04. The average molecular weight is 266 g/mol. The topological polar surface area (TPSA) is 73.1 Å². The van der Waals surface area contributed by atoms with E-state index >= 15 is 0 Å². The molecule has 0 saturated heterocycles. The van der Waals surface area contributed by atoms with Crippen LogP contribution in [0.4, 0.5) is 17.3 Å². The van der Waals surface area contributed by atoms with E-state index in [1.165, 1.54) is 0 Å². The van der Waals surface area contributed by atoms with E-state index in [4.69, 9.17) is 10.5 Å². The van der Waals surface area contributed by atoms with Gasteiger partial charge < -0.3 is 15.8 Å². The van der Waals surface area contributed by atoms with Crippen molar-refractivity contribution < 1.29 is 4.74 Å². The number of aromatic nitrogens is 2. The van der Waals surface area contributed by atoms with Crippen LogP contribution in [-0.4, -0.2) is 17.1 Å². The van der Waals surface area contributed by atoms with E-state index in [0.29, 0.717) is 5.82 Å². The Balaban J connectivity index is 2.06. The lowest BCUT2D eigenvalue weighted by molar-refractivity contribution is 0.415. The Morgan fingerprint density at radius 3 is 2.70 bits per heavy atom. The van der Waals surface area contributed by atoms with Gasteiger partial charge in [0, 0.05) is 29.5 Å². The highest BCUT2D eigenvalue weighted by Crippen LogP contribution is 2.27. The van der Waals surface area contributed by atoms with Gasteiger partial charge in [0.25, 0.3) is 0 Å². The third-order valence-corrected chi connectivity index (χ3v) is 3.02. The zero-order valence-electron chi connectivity index (χ0n) is 11.0. The number of rotatable bonds is 3. The summed E-state index contributed by atoms with van der Waals surface area (Å²) in [6.45, 7) is 0. The third kappa shape index (κ3) is 2.33. The van der Waals surface area contributed by atoms with Crippen molar-refractivity contribution in [1.82, 2.24) is 9.97 Å². The Morgan fingerprint density at radius 1 is 1.05 bits per heavy atom. The first-order valence-electron chi connectivity index (χ1n) is 6.17. The van der Waals surface area contributed by atoms with Crippen LogP contribution in [-0.2, 0) is 0 Å². The fourth-order valence-corrected chi connectivity index (χ4v) is 2.04. The summed E-state index contributed by atoms with van der Waals surface area (Å²) in [5.41, 5.74) is 6.53. The van der Waals surface area contributed by atoms with E-state index in [9.17, 15) is 0 Å². The molecule has 2 heterocycles. The van der Waals surface area contributed by atoms with Gasteiger partial charge in [-0.2, -0.15) is 0 Å². The van der Waals surface area contributed by atoms with Gasteiger partial charge in [0.1, 0.15) is 17.4 Å². The maximum atomic E-state index is 5.68. The lowest BCUT2D eigenvalue weighted by Crippen LogP contribution is -1.97. The SMILES string of the molecule is COc1ccc2ccnc(Nc3ccnc(N)c3)c2c1. The number of benzene rings is 1. The molecule has 2 aromatic heterocycles. The van der Waals surface area contributed by atoms with Crippen molar-refractivity contribution in [2.24, 2.45) is 0 Å². The molecule has 0 radical (unpaired) electrons. The predicted molar refractivity (Wildman–Crippen MR) is 80.2 cm³/mol. The number of pyridine rings is 2. The van der Waals surface area contributed by atoms with Crippen LogP contribution in [0.3, 0.4) is 0 Å². The molecule has 0 saturated carbocycles. The number of nitrogens with two attached hydrogens (primary N) is 1. The van der Waals surface area contributed by atoms with Gasteiger partial charge in [-0.25, -0.2) is 9.97 Å². The number of hydrogen-bond donors (Lipinski definition) is 2. The summed E-state index contributed by atoms with van der Waals surface area (Å²) < 4.78 is 5.26. The second-order valence-corrected chi connectivity index (χ2v) is 4.34. The highest BCUT2D eigenvalue weighted by molar-refractivity contribution is 5.94. The largest absolute Gasteiger partial charge is 0.497 e. The molecule has 5 heteroatoms. The van der Waals surface area contributed by atoms with Crippen molar-refractivity contribution in [3.05, 3.63) is 48.8 Å². The van der Waals surface area contributed by atoms with Crippen LogP contribution in [0, 0.1) is 0 Å². The third-order valence-electron chi connectivity index (χ3n) is 3.02. The maximum Gasteiger partial charge on any atom is 0.138 e. The van der Waals surface area contributed by atoms with Crippen molar-refractivity contribution in [2.75, 3.05) is 18.2 Å². The Bertz CT molecular complexity index is 758. The smallest absolute Gasteiger partial charge is 0.138 e. The minimum atomic E-state index is 0.466. The van der Waals surface area contributed by atoms with Gasteiger partial charge in [0.2, 0.25) is 0 Å².